The largest absolute Gasteiger partial charge is 0.496 e. The number of methoxy groups -OCH3 is 1. The second kappa shape index (κ2) is 7.20. The SMILES string of the molecule is COc1ccc(Cl)cc1-c1nc(N)nc(NN2CCSCC2)n1. The summed E-state index contributed by atoms with van der Waals surface area (Å²) in [6, 6.07) is 5.27. The van der Waals surface area contributed by atoms with Crippen LogP contribution in [-0.2, 0) is 0 Å². The van der Waals surface area contributed by atoms with Crippen molar-refractivity contribution >= 4 is 35.3 Å². The van der Waals surface area contributed by atoms with Crippen LogP contribution < -0.4 is 15.9 Å². The molecule has 2 heterocycles. The fraction of sp³-hybridized carbons (Fsp3) is 0.357. The molecule has 3 N–H and O–H groups in total. The zero-order chi connectivity index (χ0) is 16.2. The fourth-order valence-corrected chi connectivity index (χ4v) is 3.31. The maximum Gasteiger partial charge on any atom is 0.242 e. The number of rotatable bonds is 4. The number of nitrogens with one attached hydrogen (secondary N) is 1. The van der Waals surface area contributed by atoms with Gasteiger partial charge in [0.25, 0.3) is 0 Å². The normalized spacial score (nSPS) is 15.4. The highest BCUT2D eigenvalue weighted by Gasteiger charge is 2.15. The van der Waals surface area contributed by atoms with E-state index in [1.54, 1.807) is 25.3 Å². The number of nitrogens with two attached hydrogens (primary N) is 1. The third-order valence-electron chi connectivity index (χ3n) is 3.32. The first-order chi connectivity index (χ1) is 11.2. The van der Waals surface area contributed by atoms with Crippen LogP contribution in [-0.4, -0.2) is 51.7 Å². The van der Waals surface area contributed by atoms with Gasteiger partial charge < -0.3 is 10.5 Å². The molecule has 7 nitrogen and oxygen atoms in total. The van der Waals surface area contributed by atoms with Gasteiger partial charge in [-0.3, -0.25) is 5.43 Å². The fourth-order valence-electron chi connectivity index (χ4n) is 2.23. The number of aromatic nitrogens is 3. The number of hydrogen-bond donors (Lipinski definition) is 2. The Bertz CT molecular complexity index is 695. The molecule has 1 aliphatic rings. The van der Waals surface area contributed by atoms with Gasteiger partial charge >= 0.3 is 0 Å². The quantitative estimate of drug-likeness (QED) is 0.865. The van der Waals surface area contributed by atoms with Crippen molar-refractivity contribution in [2.75, 3.05) is 42.9 Å². The van der Waals surface area contributed by atoms with Crippen molar-refractivity contribution in [3.8, 4) is 17.1 Å². The lowest BCUT2D eigenvalue weighted by Gasteiger charge is -2.26. The van der Waals surface area contributed by atoms with Gasteiger partial charge in [0.15, 0.2) is 5.82 Å². The van der Waals surface area contributed by atoms with E-state index in [1.165, 1.54) is 0 Å². The van der Waals surface area contributed by atoms with Crippen LogP contribution in [0.2, 0.25) is 5.02 Å². The van der Waals surface area contributed by atoms with Gasteiger partial charge in [0.1, 0.15) is 5.75 Å². The van der Waals surface area contributed by atoms with Crippen LogP contribution in [0.25, 0.3) is 11.4 Å². The molecule has 3 rings (SSSR count). The highest BCUT2D eigenvalue weighted by Crippen LogP contribution is 2.31. The van der Waals surface area contributed by atoms with E-state index in [4.69, 9.17) is 22.1 Å². The summed E-state index contributed by atoms with van der Waals surface area (Å²) in [4.78, 5) is 12.8. The first-order valence-electron chi connectivity index (χ1n) is 7.10. The molecule has 0 bridgehead atoms. The maximum atomic E-state index is 6.07. The molecule has 1 saturated heterocycles. The lowest BCUT2D eigenvalue weighted by molar-refractivity contribution is 0.361. The van der Waals surface area contributed by atoms with Gasteiger partial charge in [0.05, 0.1) is 12.7 Å². The number of benzene rings is 1. The molecule has 23 heavy (non-hydrogen) atoms. The molecule has 0 unspecified atom stereocenters. The smallest absolute Gasteiger partial charge is 0.242 e. The topological polar surface area (TPSA) is 89.2 Å². The highest BCUT2D eigenvalue weighted by molar-refractivity contribution is 7.99. The Morgan fingerprint density at radius 2 is 2.04 bits per heavy atom. The molecule has 0 radical (unpaired) electrons. The summed E-state index contributed by atoms with van der Waals surface area (Å²) in [5.74, 6) is 3.75. The van der Waals surface area contributed by atoms with Crippen molar-refractivity contribution in [1.82, 2.24) is 20.0 Å². The van der Waals surface area contributed by atoms with Gasteiger partial charge in [0, 0.05) is 29.6 Å². The molecule has 2 aromatic rings. The molecule has 1 aromatic carbocycles. The summed E-state index contributed by atoms with van der Waals surface area (Å²) < 4.78 is 5.35. The summed E-state index contributed by atoms with van der Waals surface area (Å²) in [6.07, 6.45) is 0. The molecule has 0 aliphatic carbocycles. The van der Waals surface area contributed by atoms with E-state index in [2.05, 4.69) is 25.4 Å². The Labute approximate surface area is 143 Å². The number of halogens is 1. The number of ether oxygens (including phenoxy) is 1. The molecule has 0 atom stereocenters. The van der Waals surface area contributed by atoms with Crippen molar-refractivity contribution in [3.63, 3.8) is 0 Å². The van der Waals surface area contributed by atoms with Crippen molar-refractivity contribution in [2.45, 2.75) is 0 Å². The molecular formula is C14H17ClN6OS. The molecule has 0 saturated carbocycles. The van der Waals surface area contributed by atoms with Crippen LogP contribution in [0.5, 0.6) is 5.75 Å². The Kier molecular flexibility index (Phi) is 5.04. The second-order valence-electron chi connectivity index (χ2n) is 4.90. The second-order valence-corrected chi connectivity index (χ2v) is 6.56. The first-order valence-corrected chi connectivity index (χ1v) is 8.64. The zero-order valence-electron chi connectivity index (χ0n) is 12.6. The van der Waals surface area contributed by atoms with E-state index in [0.29, 0.717) is 28.1 Å². The summed E-state index contributed by atoms with van der Waals surface area (Å²) in [5.41, 5.74) is 9.69. The summed E-state index contributed by atoms with van der Waals surface area (Å²) in [6.45, 7) is 1.85. The van der Waals surface area contributed by atoms with E-state index < -0.39 is 0 Å². The number of nitrogen functional groups attached to an aromatic ring is 1. The van der Waals surface area contributed by atoms with Gasteiger partial charge in [0.2, 0.25) is 11.9 Å². The molecule has 0 amide bonds. The van der Waals surface area contributed by atoms with Crippen LogP contribution in [0, 0.1) is 0 Å². The summed E-state index contributed by atoms with van der Waals surface area (Å²) >= 11 is 8.00. The third-order valence-corrected chi connectivity index (χ3v) is 4.50. The van der Waals surface area contributed by atoms with Crippen LogP contribution in [0.1, 0.15) is 0 Å². The average Bonchev–Trinajstić information content (AvgIpc) is 2.55. The third kappa shape index (κ3) is 3.95. The van der Waals surface area contributed by atoms with E-state index in [9.17, 15) is 0 Å². The minimum absolute atomic E-state index is 0.144. The van der Waals surface area contributed by atoms with E-state index >= 15 is 0 Å². The van der Waals surface area contributed by atoms with E-state index in [-0.39, 0.29) is 5.95 Å². The van der Waals surface area contributed by atoms with Gasteiger partial charge in [-0.1, -0.05) is 11.6 Å². The lowest BCUT2D eigenvalue weighted by atomic mass is 10.2. The predicted octanol–water partition coefficient (Wildman–Crippen LogP) is 2.16. The average molecular weight is 353 g/mol. The van der Waals surface area contributed by atoms with Crippen molar-refractivity contribution in [3.05, 3.63) is 23.2 Å². The zero-order valence-corrected chi connectivity index (χ0v) is 14.2. The Hall–Kier alpha value is -1.77. The summed E-state index contributed by atoms with van der Waals surface area (Å²) in [7, 11) is 1.59. The van der Waals surface area contributed by atoms with E-state index in [0.717, 1.165) is 24.6 Å². The minimum Gasteiger partial charge on any atom is -0.496 e. The predicted molar refractivity (Wildman–Crippen MR) is 93.8 cm³/mol. The maximum absolute atomic E-state index is 6.07. The van der Waals surface area contributed by atoms with Crippen molar-refractivity contribution in [1.29, 1.82) is 0 Å². The molecule has 122 valence electrons. The van der Waals surface area contributed by atoms with Gasteiger partial charge in [-0.05, 0) is 18.2 Å². The van der Waals surface area contributed by atoms with Crippen LogP contribution in [0.4, 0.5) is 11.9 Å². The molecular weight excluding hydrogens is 336 g/mol. The highest BCUT2D eigenvalue weighted by atomic mass is 35.5. The summed E-state index contributed by atoms with van der Waals surface area (Å²) in [5, 5.41) is 2.65. The number of anilines is 2. The van der Waals surface area contributed by atoms with Crippen LogP contribution in [0.15, 0.2) is 18.2 Å². The van der Waals surface area contributed by atoms with E-state index in [1.807, 2.05) is 11.8 Å². The van der Waals surface area contributed by atoms with Gasteiger partial charge in [-0.2, -0.15) is 26.7 Å². The van der Waals surface area contributed by atoms with Crippen LogP contribution in [0.3, 0.4) is 0 Å². The Morgan fingerprint density at radius 3 is 2.78 bits per heavy atom. The standard InChI is InChI=1S/C14H17ClN6OS/c1-22-11-3-2-9(15)8-10(11)12-17-13(16)19-14(18-12)20-21-4-6-23-7-5-21/h2-3,8H,4-7H2,1H3,(H3,16,17,18,19,20). The van der Waals surface area contributed by atoms with Crippen molar-refractivity contribution < 1.29 is 4.74 Å². The Balaban J connectivity index is 1.92. The first kappa shape index (κ1) is 16.1. The van der Waals surface area contributed by atoms with Crippen molar-refractivity contribution in [2.24, 2.45) is 0 Å². The van der Waals surface area contributed by atoms with Gasteiger partial charge in [-0.15, -0.1) is 0 Å². The molecule has 1 aromatic heterocycles. The molecule has 0 spiro atoms. The number of hydrogen-bond acceptors (Lipinski definition) is 8. The monoisotopic (exact) mass is 352 g/mol. The molecule has 9 heteroatoms. The number of nitrogens with zero attached hydrogens (tertiary/aromatic N) is 4. The minimum atomic E-state index is 0.144. The number of thioether (sulfide) groups is 1. The van der Waals surface area contributed by atoms with Crippen LogP contribution >= 0.6 is 23.4 Å². The number of hydrazine groups is 1. The molecule has 1 fully saturated rings. The van der Waals surface area contributed by atoms with Gasteiger partial charge in [-0.25, -0.2) is 5.01 Å². The Morgan fingerprint density at radius 1 is 1.26 bits per heavy atom. The molecule has 1 aliphatic heterocycles. The lowest BCUT2D eigenvalue weighted by Crippen LogP contribution is -2.38.